The first-order valence-corrected chi connectivity index (χ1v) is 12.2. The van der Waals surface area contributed by atoms with Crippen LogP contribution in [0, 0.1) is 0 Å². The first kappa shape index (κ1) is 23.7. The Bertz CT molecular complexity index is 1460. The number of furan rings is 1. The van der Waals surface area contributed by atoms with E-state index in [4.69, 9.17) is 16.0 Å². The monoisotopic (exact) mass is 513 g/mol. The summed E-state index contributed by atoms with van der Waals surface area (Å²) in [6.07, 6.45) is 4.80. The maximum atomic E-state index is 13.3. The van der Waals surface area contributed by atoms with Gasteiger partial charge in [0.05, 0.1) is 23.9 Å². The zero-order valence-corrected chi connectivity index (χ0v) is 20.5. The van der Waals surface area contributed by atoms with Gasteiger partial charge in [0.25, 0.3) is 5.91 Å². The predicted molar refractivity (Wildman–Crippen MR) is 145 cm³/mol. The number of phenolic OH excluding ortho intramolecular Hbond substituents is 1. The zero-order chi connectivity index (χ0) is 24.9. The van der Waals surface area contributed by atoms with E-state index in [0.29, 0.717) is 26.4 Å². The molecule has 0 unspecified atom stereocenters. The van der Waals surface area contributed by atoms with E-state index in [1.807, 2.05) is 48.5 Å². The number of nitrogens with zero attached hydrogens (tertiary/aromatic N) is 3. The van der Waals surface area contributed by atoms with E-state index in [-0.39, 0.29) is 18.2 Å². The Kier molecular flexibility index (Phi) is 7.02. The minimum Gasteiger partial charge on any atom is -0.507 e. The topological polar surface area (TPSA) is 78.4 Å². The van der Waals surface area contributed by atoms with Crippen LogP contribution in [0.1, 0.15) is 16.9 Å². The molecule has 3 aromatic carbocycles. The summed E-state index contributed by atoms with van der Waals surface area (Å²) < 4.78 is 5.44. The zero-order valence-electron chi connectivity index (χ0n) is 18.9. The van der Waals surface area contributed by atoms with Gasteiger partial charge in [-0.3, -0.25) is 9.69 Å². The number of carbonyl (C=O) groups is 1. The van der Waals surface area contributed by atoms with Gasteiger partial charge in [-0.15, -0.1) is 5.10 Å². The molecule has 1 aliphatic rings. The molecule has 0 atom stereocenters. The van der Waals surface area contributed by atoms with Gasteiger partial charge in [0.2, 0.25) is 0 Å². The largest absolute Gasteiger partial charge is 0.507 e. The van der Waals surface area contributed by atoms with E-state index in [9.17, 15) is 9.90 Å². The Labute approximate surface area is 217 Å². The molecular weight excluding hydrogens is 494 g/mol. The third kappa shape index (κ3) is 5.43. The highest BCUT2D eigenvalue weighted by Gasteiger charge is 2.34. The van der Waals surface area contributed by atoms with Gasteiger partial charge in [-0.05, 0) is 64.9 Å². The fraction of sp³-hybridized carbons (Fsp3) is 0.0357. The lowest BCUT2D eigenvalue weighted by atomic mass is 10.0. The molecule has 6 nitrogen and oxygen atoms in total. The van der Waals surface area contributed by atoms with Crippen LogP contribution in [0.25, 0.3) is 17.2 Å². The summed E-state index contributed by atoms with van der Waals surface area (Å²) >= 11 is 7.23. The van der Waals surface area contributed by atoms with Gasteiger partial charge in [0, 0.05) is 10.6 Å². The fourth-order valence-corrected chi connectivity index (χ4v) is 4.72. The predicted octanol–water partition coefficient (Wildman–Crippen LogP) is 6.81. The summed E-state index contributed by atoms with van der Waals surface area (Å²) in [5, 5.41) is 19.2. The second-order valence-electron chi connectivity index (χ2n) is 7.90. The van der Waals surface area contributed by atoms with E-state index in [0.717, 1.165) is 16.7 Å². The van der Waals surface area contributed by atoms with Crippen molar-refractivity contribution >= 4 is 46.7 Å². The lowest BCUT2D eigenvalue weighted by Gasteiger charge is -2.12. The number of hydrogen-bond donors (Lipinski definition) is 1. The molecule has 4 aromatic rings. The van der Waals surface area contributed by atoms with Gasteiger partial charge in [-0.2, -0.15) is 5.10 Å². The number of rotatable bonds is 6. The van der Waals surface area contributed by atoms with Crippen LogP contribution in [0.2, 0.25) is 5.02 Å². The average Bonchev–Trinajstić information content (AvgIpc) is 3.51. The van der Waals surface area contributed by atoms with Crippen molar-refractivity contribution in [2.24, 2.45) is 10.2 Å². The maximum absolute atomic E-state index is 13.3. The van der Waals surface area contributed by atoms with E-state index in [1.165, 1.54) is 28.9 Å². The molecule has 1 aliphatic heterocycles. The Balaban J connectivity index is 1.41. The highest BCUT2D eigenvalue weighted by Crippen LogP contribution is 2.34. The number of carbonyl (C=O) groups excluding carboxylic acids is 1. The van der Waals surface area contributed by atoms with Gasteiger partial charge in [0.15, 0.2) is 5.17 Å². The van der Waals surface area contributed by atoms with Gasteiger partial charge in [-0.25, -0.2) is 0 Å². The summed E-state index contributed by atoms with van der Waals surface area (Å²) in [6.45, 7) is 0.222. The number of phenols is 1. The minimum atomic E-state index is -0.192. The number of aromatic hydroxyl groups is 1. The standard InChI is InChI=1S/C28H20ClN3O3S/c29-23-12-13-25(33)22(16-23)17-30-31-28-32(18-24-7-4-14-35-24)27(34)26(36-28)15-19-8-10-21(11-9-19)20-5-2-1-3-6-20/h1-17,33H,18H2/b26-15-,30-17-,31-28+. The average molecular weight is 514 g/mol. The number of amides is 1. The van der Waals surface area contributed by atoms with E-state index < -0.39 is 0 Å². The third-order valence-electron chi connectivity index (χ3n) is 5.43. The van der Waals surface area contributed by atoms with Gasteiger partial charge in [-0.1, -0.05) is 66.2 Å². The molecule has 1 N–H and O–H groups in total. The maximum Gasteiger partial charge on any atom is 0.267 e. The quantitative estimate of drug-likeness (QED) is 0.174. The van der Waals surface area contributed by atoms with Crippen molar-refractivity contribution in [3.63, 3.8) is 0 Å². The normalized spacial score (nSPS) is 16.0. The molecule has 1 amide bonds. The molecule has 36 heavy (non-hydrogen) atoms. The first-order chi connectivity index (χ1) is 17.6. The molecule has 5 rings (SSSR count). The van der Waals surface area contributed by atoms with Crippen molar-refractivity contribution < 1.29 is 14.3 Å². The molecule has 2 heterocycles. The summed E-state index contributed by atoms with van der Waals surface area (Å²) in [5.41, 5.74) is 3.55. The molecule has 0 aliphatic carbocycles. The highest BCUT2D eigenvalue weighted by molar-refractivity contribution is 8.18. The Morgan fingerprint density at radius 3 is 2.50 bits per heavy atom. The van der Waals surface area contributed by atoms with Crippen LogP contribution >= 0.6 is 23.4 Å². The van der Waals surface area contributed by atoms with Crippen molar-refractivity contribution in [3.8, 4) is 16.9 Å². The van der Waals surface area contributed by atoms with E-state index >= 15 is 0 Å². The minimum absolute atomic E-state index is 0.0328. The molecule has 0 radical (unpaired) electrons. The molecule has 1 aromatic heterocycles. The van der Waals surface area contributed by atoms with Crippen molar-refractivity contribution in [2.75, 3.05) is 0 Å². The number of amidine groups is 1. The van der Waals surface area contributed by atoms with E-state index in [1.54, 1.807) is 30.5 Å². The van der Waals surface area contributed by atoms with Gasteiger partial charge >= 0.3 is 0 Å². The van der Waals surface area contributed by atoms with Crippen LogP contribution in [-0.4, -0.2) is 27.3 Å². The van der Waals surface area contributed by atoms with Crippen LogP contribution < -0.4 is 0 Å². The molecule has 0 bridgehead atoms. The summed E-state index contributed by atoms with van der Waals surface area (Å²) in [7, 11) is 0. The lowest BCUT2D eigenvalue weighted by Crippen LogP contribution is -2.28. The van der Waals surface area contributed by atoms with E-state index in [2.05, 4.69) is 22.3 Å². The summed E-state index contributed by atoms with van der Waals surface area (Å²) in [6, 6.07) is 26.4. The van der Waals surface area contributed by atoms with Crippen molar-refractivity contribution in [2.45, 2.75) is 6.54 Å². The van der Waals surface area contributed by atoms with Crippen LogP contribution in [0.3, 0.4) is 0 Å². The number of benzene rings is 3. The van der Waals surface area contributed by atoms with Crippen LogP contribution in [0.4, 0.5) is 0 Å². The van der Waals surface area contributed by atoms with Crippen molar-refractivity contribution in [1.29, 1.82) is 0 Å². The molecule has 1 saturated heterocycles. The number of thioether (sulfide) groups is 1. The molecule has 0 spiro atoms. The number of hydrogen-bond acceptors (Lipinski definition) is 6. The molecule has 1 fully saturated rings. The molecular formula is C28H20ClN3O3S. The fourth-order valence-electron chi connectivity index (χ4n) is 3.60. The SMILES string of the molecule is O=C1/C(=C/c2ccc(-c3ccccc3)cc2)S/C(=N/N=C\c2cc(Cl)ccc2O)N1Cc1ccco1. The van der Waals surface area contributed by atoms with Crippen molar-refractivity contribution in [1.82, 2.24) is 4.90 Å². The third-order valence-corrected chi connectivity index (χ3v) is 6.66. The van der Waals surface area contributed by atoms with Gasteiger partial charge in [0.1, 0.15) is 11.5 Å². The molecule has 178 valence electrons. The second kappa shape index (κ2) is 10.7. The van der Waals surface area contributed by atoms with Gasteiger partial charge < -0.3 is 9.52 Å². The second-order valence-corrected chi connectivity index (χ2v) is 9.35. The smallest absolute Gasteiger partial charge is 0.267 e. The van der Waals surface area contributed by atoms with Crippen molar-refractivity contribution in [3.05, 3.63) is 118 Å². The highest BCUT2D eigenvalue weighted by atomic mass is 35.5. The number of halogens is 1. The molecule has 8 heteroatoms. The summed E-state index contributed by atoms with van der Waals surface area (Å²) in [4.78, 5) is 15.3. The Morgan fingerprint density at radius 2 is 1.75 bits per heavy atom. The first-order valence-electron chi connectivity index (χ1n) is 11.1. The molecule has 0 saturated carbocycles. The Morgan fingerprint density at radius 1 is 0.972 bits per heavy atom. The van der Waals surface area contributed by atoms with Crippen LogP contribution in [-0.2, 0) is 11.3 Å². The lowest BCUT2D eigenvalue weighted by molar-refractivity contribution is -0.122. The Hall–Kier alpha value is -4.07. The van der Waals surface area contributed by atoms with Crippen LogP contribution in [0.5, 0.6) is 5.75 Å². The summed E-state index contributed by atoms with van der Waals surface area (Å²) in [5.74, 6) is 0.468. The van der Waals surface area contributed by atoms with Crippen LogP contribution in [0.15, 0.2) is 111 Å².